The number of para-hydroxylation sites is 1. The molecule has 6 atom stereocenters. The Labute approximate surface area is 212 Å². The van der Waals surface area contributed by atoms with Crippen molar-refractivity contribution < 1.29 is 24.2 Å². The Kier molecular flexibility index (Phi) is 6.29. The molecular formula is C28H35N3O5. The van der Waals surface area contributed by atoms with Gasteiger partial charge in [0.25, 0.3) is 0 Å². The van der Waals surface area contributed by atoms with Gasteiger partial charge in [0, 0.05) is 31.4 Å². The molecule has 4 aliphatic rings. The zero-order chi connectivity index (χ0) is 25.7. The van der Waals surface area contributed by atoms with Crippen LogP contribution in [0.1, 0.15) is 33.6 Å². The van der Waals surface area contributed by atoms with E-state index in [1.54, 1.807) is 9.80 Å². The van der Waals surface area contributed by atoms with E-state index >= 15 is 0 Å². The number of ether oxygens (including phenoxy) is 1. The highest BCUT2D eigenvalue weighted by molar-refractivity contribution is 6.04. The van der Waals surface area contributed by atoms with E-state index in [4.69, 9.17) is 4.74 Å². The number of hydrogen-bond acceptors (Lipinski definition) is 5. The molecule has 1 aromatic rings. The number of aliphatic hydroxyl groups is 1. The maximum Gasteiger partial charge on any atom is 0.249 e. The predicted octanol–water partition coefficient (Wildman–Crippen LogP) is 2.14. The maximum absolute atomic E-state index is 14.1. The summed E-state index contributed by atoms with van der Waals surface area (Å²) in [6.45, 7) is 6.45. The molecular weight excluding hydrogens is 458 g/mol. The lowest BCUT2D eigenvalue weighted by Crippen LogP contribution is -2.57. The number of β-amino-alcohol motifs (C(OH)–C–C–N with tert-alkyl or cyclic N) is 1. The average Bonchev–Trinajstić information content (AvgIpc) is 3.11. The first-order valence-corrected chi connectivity index (χ1v) is 12.9. The molecule has 0 aromatic heterocycles. The predicted molar refractivity (Wildman–Crippen MR) is 135 cm³/mol. The summed E-state index contributed by atoms with van der Waals surface area (Å²) < 4.78 is 6.78. The van der Waals surface area contributed by atoms with Gasteiger partial charge in [-0.25, -0.2) is 0 Å². The highest BCUT2D eigenvalue weighted by Gasteiger charge is 2.74. The molecule has 1 aromatic carbocycles. The van der Waals surface area contributed by atoms with Crippen molar-refractivity contribution >= 4 is 23.4 Å². The van der Waals surface area contributed by atoms with Gasteiger partial charge >= 0.3 is 0 Å². The fraction of sp³-hybridized carbons (Fsp3) is 0.536. The fourth-order valence-corrected chi connectivity index (χ4v) is 6.70. The Morgan fingerprint density at radius 1 is 1.03 bits per heavy atom. The Morgan fingerprint density at radius 3 is 2.44 bits per heavy atom. The Balaban J connectivity index is 1.62. The van der Waals surface area contributed by atoms with Crippen molar-refractivity contribution in [2.45, 2.75) is 56.9 Å². The molecule has 1 N–H and O–H groups in total. The van der Waals surface area contributed by atoms with Crippen molar-refractivity contribution in [3.05, 3.63) is 54.6 Å². The first-order valence-electron chi connectivity index (χ1n) is 12.9. The van der Waals surface area contributed by atoms with Crippen LogP contribution in [-0.2, 0) is 19.1 Å². The summed E-state index contributed by atoms with van der Waals surface area (Å²) in [6.07, 6.45) is 9.31. The molecule has 0 radical (unpaired) electrons. The van der Waals surface area contributed by atoms with Crippen LogP contribution >= 0.6 is 0 Å². The van der Waals surface area contributed by atoms with Gasteiger partial charge in [0.15, 0.2) is 0 Å². The number of hydrogen-bond donors (Lipinski definition) is 1. The first-order chi connectivity index (χ1) is 17.3. The van der Waals surface area contributed by atoms with Crippen molar-refractivity contribution in [2.75, 3.05) is 31.1 Å². The molecule has 5 rings (SSSR count). The molecule has 0 bridgehead atoms. The minimum Gasteiger partial charge on any atom is -0.395 e. The Morgan fingerprint density at radius 2 is 1.75 bits per heavy atom. The van der Waals surface area contributed by atoms with E-state index in [0.29, 0.717) is 13.1 Å². The summed E-state index contributed by atoms with van der Waals surface area (Å²) in [4.78, 5) is 47.2. The number of nitrogens with zero attached hydrogens (tertiary/aromatic N) is 3. The lowest BCUT2D eigenvalue weighted by Gasteiger charge is -2.38. The van der Waals surface area contributed by atoms with Crippen LogP contribution in [0.25, 0.3) is 0 Å². The summed E-state index contributed by atoms with van der Waals surface area (Å²) in [5.74, 6) is -2.40. The number of aliphatic hydroxyl groups excluding tert-OH is 1. The normalized spacial score (nSPS) is 34.4. The second kappa shape index (κ2) is 9.16. The van der Waals surface area contributed by atoms with Gasteiger partial charge < -0.3 is 24.5 Å². The van der Waals surface area contributed by atoms with Gasteiger partial charge in [0.05, 0.1) is 24.0 Å². The SMILES string of the molecule is CCCC(C)N1CC=C[C@]23O[C@@]4(C)C=CCN(c5ccccc5)C(=O)[C@H]4[C@H]2C(=O)N(CCO)C3C1=O. The zero-order valence-electron chi connectivity index (χ0n) is 21.2. The lowest BCUT2D eigenvalue weighted by atomic mass is 9.74. The summed E-state index contributed by atoms with van der Waals surface area (Å²) in [5, 5.41) is 9.82. The van der Waals surface area contributed by atoms with Crippen LogP contribution in [0.4, 0.5) is 5.69 Å². The average molecular weight is 494 g/mol. The number of carbonyl (C=O) groups excluding carboxylic acids is 3. The number of fused-ring (bicyclic) bond motifs is 2. The minimum atomic E-state index is -1.29. The molecule has 8 nitrogen and oxygen atoms in total. The molecule has 2 unspecified atom stereocenters. The maximum atomic E-state index is 14.1. The third kappa shape index (κ3) is 3.53. The molecule has 4 heterocycles. The number of benzene rings is 1. The second-order valence-electron chi connectivity index (χ2n) is 10.5. The fourth-order valence-electron chi connectivity index (χ4n) is 6.70. The van der Waals surface area contributed by atoms with Gasteiger partial charge in [-0.15, -0.1) is 0 Å². The van der Waals surface area contributed by atoms with E-state index in [0.717, 1.165) is 18.5 Å². The van der Waals surface area contributed by atoms with E-state index in [-0.39, 0.29) is 36.9 Å². The third-order valence-corrected chi connectivity index (χ3v) is 8.24. The molecule has 0 saturated carbocycles. The van der Waals surface area contributed by atoms with E-state index in [9.17, 15) is 19.5 Å². The van der Waals surface area contributed by atoms with Crippen LogP contribution in [-0.4, -0.2) is 82.2 Å². The van der Waals surface area contributed by atoms with E-state index in [2.05, 4.69) is 6.92 Å². The molecule has 0 aliphatic carbocycles. The van der Waals surface area contributed by atoms with Crippen LogP contribution < -0.4 is 4.90 Å². The largest absolute Gasteiger partial charge is 0.395 e. The van der Waals surface area contributed by atoms with Crippen LogP contribution in [0.2, 0.25) is 0 Å². The smallest absolute Gasteiger partial charge is 0.249 e. The van der Waals surface area contributed by atoms with E-state index < -0.39 is 29.1 Å². The van der Waals surface area contributed by atoms with Crippen LogP contribution in [0.3, 0.4) is 0 Å². The van der Waals surface area contributed by atoms with Gasteiger partial charge in [-0.3, -0.25) is 14.4 Å². The number of likely N-dealkylation sites (tertiary alicyclic amines) is 1. The number of rotatable bonds is 6. The van der Waals surface area contributed by atoms with Crippen molar-refractivity contribution in [1.82, 2.24) is 9.80 Å². The summed E-state index contributed by atoms with van der Waals surface area (Å²) >= 11 is 0. The monoisotopic (exact) mass is 493 g/mol. The molecule has 8 heteroatoms. The van der Waals surface area contributed by atoms with Gasteiger partial charge in [-0.05, 0) is 32.4 Å². The van der Waals surface area contributed by atoms with E-state index in [1.165, 1.54) is 4.90 Å². The van der Waals surface area contributed by atoms with Crippen LogP contribution in [0.15, 0.2) is 54.6 Å². The minimum absolute atomic E-state index is 0.00926. The second-order valence-corrected chi connectivity index (χ2v) is 10.5. The number of amides is 3. The van der Waals surface area contributed by atoms with Crippen molar-refractivity contribution in [2.24, 2.45) is 11.8 Å². The van der Waals surface area contributed by atoms with Crippen molar-refractivity contribution in [1.29, 1.82) is 0 Å². The highest BCUT2D eigenvalue weighted by atomic mass is 16.5. The molecule has 3 amide bonds. The zero-order valence-corrected chi connectivity index (χ0v) is 21.2. The third-order valence-electron chi connectivity index (χ3n) is 8.24. The molecule has 2 fully saturated rings. The number of anilines is 1. The van der Waals surface area contributed by atoms with Gasteiger partial charge in [0.1, 0.15) is 11.6 Å². The number of carbonyl (C=O) groups is 3. The summed E-state index contributed by atoms with van der Waals surface area (Å²) in [6, 6.07) is 8.45. The topological polar surface area (TPSA) is 90.4 Å². The Bertz CT molecular complexity index is 1100. The molecule has 1 spiro atoms. The van der Waals surface area contributed by atoms with E-state index in [1.807, 2.05) is 68.5 Å². The highest BCUT2D eigenvalue weighted by Crippen LogP contribution is 2.57. The van der Waals surface area contributed by atoms with Crippen LogP contribution in [0, 0.1) is 11.8 Å². The molecule has 2 saturated heterocycles. The lowest BCUT2D eigenvalue weighted by molar-refractivity contribution is -0.152. The van der Waals surface area contributed by atoms with Gasteiger partial charge in [-0.2, -0.15) is 0 Å². The first kappa shape index (κ1) is 24.7. The van der Waals surface area contributed by atoms with Crippen LogP contribution in [0.5, 0.6) is 0 Å². The Hall–Kier alpha value is -2.97. The van der Waals surface area contributed by atoms with Crippen molar-refractivity contribution in [3.8, 4) is 0 Å². The standard InChI is InChI=1S/C28H35N3O5/c1-4-10-19(2)29-15-9-14-28-22(25(34)31(17-18-32)23(28)26(29)35)21-24(33)30(20-11-6-5-7-12-20)16-8-13-27(21,3)36-28/h5-9,11-14,19,21-23,32H,4,10,15-18H2,1-3H3/t19?,21-,22+,23?,27+,28+/m1/s1. The van der Waals surface area contributed by atoms with Gasteiger partial charge in [-0.1, -0.05) is 55.8 Å². The summed E-state index contributed by atoms with van der Waals surface area (Å²) in [5.41, 5.74) is -1.60. The quantitative estimate of drug-likeness (QED) is 0.614. The molecule has 4 aliphatic heterocycles. The summed E-state index contributed by atoms with van der Waals surface area (Å²) in [7, 11) is 0. The molecule has 192 valence electrons. The van der Waals surface area contributed by atoms with Crippen molar-refractivity contribution in [3.63, 3.8) is 0 Å². The molecule has 36 heavy (non-hydrogen) atoms. The van der Waals surface area contributed by atoms with Gasteiger partial charge in [0.2, 0.25) is 17.7 Å².